The van der Waals surface area contributed by atoms with Crippen LogP contribution in [-0.2, 0) is 4.74 Å². The molecule has 0 saturated carbocycles. The third-order valence-corrected chi connectivity index (χ3v) is 4.94. The number of hydrogen-bond donors (Lipinski definition) is 1. The van der Waals surface area contributed by atoms with Crippen LogP contribution in [0.5, 0.6) is 5.75 Å². The maximum Gasteiger partial charge on any atom is 0.409 e. The van der Waals surface area contributed by atoms with Gasteiger partial charge >= 0.3 is 6.09 Å². The van der Waals surface area contributed by atoms with Crippen LogP contribution in [0.3, 0.4) is 0 Å². The van der Waals surface area contributed by atoms with Gasteiger partial charge in [-0.1, -0.05) is 0 Å². The van der Waals surface area contributed by atoms with Crippen molar-refractivity contribution in [1.29, 1.82) is 0 Å². The predicted octanol–water partition coefficient (Wildman–Crippen LogP) is 3.45. The van der Waals surface area contributed by atoms with Gasteiger partial charge in [-0.25, -0.2) is 4.79 Å². The van der Waals surface area contributed by atoms with Crippen molar-refractivity contribution in [2.24, 2.45) is 0 Å². The zero-order chi connectivity index (χ0) is 18.1. The number of phenolic OH excluding ortho intramolecular Hbond substituents is 1. The number of amides is 1. The first-order valence-corrected chi connectivity index (χ1v) is 8.61. The third-order valence-electron chi connectivity index (χ3n) is 4.94. The van der Waals surface area contributed by atoms with Crippen LogP contribution >= 0.6 is 0 Å². The minimum absolute atomic E-state index is 0.0628. The summed E-state index contributed by atoms with van der Waals surface area (Å²) in [5.41, 5.74) is 1.55. The van der Waals surface area contributed by atoms with Crippen LogP contribution in [0.1, 0.15) is 42.6 Å². The lowest BCUT2D eigenvalue weighted by molar-refractivity contribution is 0.0957. The highest BCUT2D eigenvalue weighted by Crippen LogP contribution is 2.33. The number of aryl methyl sites for hydroxylation is 1. The lowest BCUT2D eigenvalue weighted by atomic mass is 9.91. The first-order chi connectivity index (χ1) is 11.9. The molecule has 1 aromatic heterocycles. The molecule has 1 saturated heterocycles. The minimum Gasteiger partial charge on any atom is -0.508 e. The topological polar surface area (TPSA) is 80.0 Å². The van der Waals surface area contributed by atoms with Crippen molar-refractivity contribution in [3.05, 3.63) is 39.2 Å². The second-order valence-corrected chi connectivity index (χ2v) is 6.47. The Balaban J connectivity index is 1.92. The van der Waals surface area contributed by atoms with Crippen LogP contribution < -0.4 is 5.43 Å². The van der Waals surface area contributed by atoms with Crippen LogP contribution in [0, 0.1) is 13.8 Å². The Kier molecular flexibility index (Phi) is 4.70. The fraction of sp³-hybridized carbons (Fsp3) is 0.474. The summed E-state index contributed by atoms with van der Waals surface area (Å²) in [5, 5.41) is 10.4. The van der Waals surface area contributed by atoms with Crippen molar-refractivity contribution in [3.63, 3.8) is 0 Å². The number of likely N-dealkylation sites (tertiary alicyclic amines) is 1. The number of nitrogens with zero attached hydrogens (tertiary/aromatic N) is 1. The maximum absolute atomic E-state index is 12.7. The molecule has 6 nitrogen and oxygen atoms in total. The van der Waals surface area contributed by atoms with Crippen LogP contribution in [0.25, 0.3) is 11.0 Å². The summed E-state index contributed by atoms with van der Waals surface area (Å²) >= 11 is 0. The Bertz CT molecular complexity index is 862. The van der Waals surface area contributed by atoms with Crippen molar-refractivity contribution >= 4 is 17.1 Å². The number of carbonyl (C=O) groups is 1. The average Bonchev–Trinajstić information content (AvgIpc) is 2.61. The van der Waals surface area contributed by atoms with Crippen molar-refractivity contribution in [1.82, 2.24) is 4.90 Å². The van der Waals surface area contributed by atoms with Gasteiger partial charge in [0.05, 0.1) is 12.0 Å². The second kappa shape index (κ2) is 6.78. The van der Waals surface area contributed by atoms with Gasteiger partial charge in [-0.05, 0) is 45.7 Å². The number of fused-ring (bicyclic) bond motifs is 1. The summed E-state index contributed by atoms with van der Waals surface area (Å²) in [7, 11) is 0. The van der Waals surface area contributed by atoms with E-state index in [1.165, 1.54) is 6.07 Å². The fourth-order valence-electron chi connectivity index (χ4n) is 3.42. The van der Waals surface area contributed by atoms with Gasteiger partial charge in [-0.15, -0.1) is 0 Å². The van der Waals surface area contributed by atoms with Gasteiger partial charge < -0.3 is 19.2 Å². The van der Waals surface area contributed by atoms with E-state index in [2.05, 4.69) is 0 Å². The number of piperidine rings is 1. The average molecular weight is 345 g/mol. The second-order valence-electron chi connectivity index (χ2n) is 6.47. The molecule has 1 amide bonds. The van der Waals surface area contributed by atoms with E-state index in [0.29, 0.717) is 60.4 Å². The molecule has 0 spiro atoms. The van der Waals surface area contributed by atoms with Gasteiger partial charge in [0.15, 0.2) is 5.43 Å². The summed E-state index contributed by atoms with van der Waals surface area (Å²) < 4.78 is 11.1. The van der Waals surface area contributed by atoms with Gasteiger partial charge in [0, 0.05) is 30.1 Å². The van der Waals surface area contributed by atoms with Crippen molar-refractivity contribution in [2.75, 3.05) is 19.7 Å². The number of hydrogen-bond acceptors (Lipinski definition) is 5. The number of carbonyl (C=O) groups excluding carboxylic acids is 1. The smallest absolute Gasteiger partial charge is 0.409 e. The Labute approximate surface area is 146 Å². The molecule has 1 fully saturated rings. The third kappa shape index (κ3) is 3.08. The summed E-state index contributed by atoms with van der Waals surface area (Å²) in [6.07, 6.45) is 1.14. The molecule has 134 valence electrons. The number of benzene rings is 1. The number of rotatable bonds is 2. The van der Waals surface area contributed by atoms with Crippen LogP contribution in [0.15, 0.2) is 21.3 Å². The lowest BCUT2D eigenvalue weighted by Gasteiger charge is -2.31. The quantitative estimate of drug-likeness (QED) is 0.902. The molecule has 3 rings (SSSR count). The standard InChI is InChI=1S/C19H23NO5/c1-4-24-19(23)20-9-7-13(8-10-20)17-12(3)16(22)14-5-6-15(21)11(2)18(14)25-17/h5-6,13,21H,4,7-10H2,1-3H3. The largest absolute Gasteiger partial charge is 0.508 e. The Morgan fingerprint density at radius 2 is 1.96 bits per heavy atom. The molecule has 1 aliphatic rings. The zero-order valence-electron chi connectivity index (χ0n) is 14.8. The normalized spacial score (nSPS) is 15.6. The Hall–Kier alpha value is -2.50. The molecular weight excluding hydrogens is 322 g/mol. The molecule has 0 bridgehead atoms. The number of phenols is 1. The van der Waals surface area contributed by atoms with E-state index in [0.717, 1.165) is 0 Å². The molecule has 0 unspecified atom stereocenters. The molecule has 0 radical (unpaired) electrons. The molecular formula is C19H23NO5. The summed E-state index contributed by atoms with van der Waals surface area (Å²) in [5.74, 6) is 0.849. The highest BCUT2D eigenvalue weighted by molar-refractivity contribution is 5.82. The fourth-order valence-corrected chi connectivity index (χ4v) is 3.42. The maximum atomic E-state index is 12.7. The van der Waals surface area contributed by atoms with Gasteiger partial charge in [0.25, 0.3) is 0 Å². The summed E-state index contributed by atoms with van der Waals surface area (Å²) in [6.45, 7) is 6.81. The first kappa shape index (κ1) is 17.3. The van der Waals surface area contributed by atoms with Crippen LogP contribution in [-0.4, -0.2) is 35.8 Å². The molecule has 2 aromatic rings. The van der Waals surface area contributed by atoms with E-state index >= 15 is 0 Å². The Morgan fingerprint density at radius 3 is 2.60 bits per heavy atom. The van der Waals surface area contributed by atoms with Crippen molar-refractivity contribution in [3.8, 4) is 5.75 Å². The van der Waals surface area contributed by atoms with Gasteiger partial charge in [-0.2, -0.15) is 0 Å². The highest BCUT2D eigenvalue weighted by atomic mass is 16.6. The van der Waals surface area contributed by atoms with E-state index < -0.39 is 0 Å². The Morgan fingerprint density at radius 1 is 1.28 bits per heavy atom. The summed E-state index contributed by atoms with van der Waals surface area (Å²) in [4.78, 5) is 26.2. The molecule has 25 heavy (non-hydrogen) atoms. The monoisotopic (exact) mass is 345 g/mol. The first-order valence-electron chi connectivity index (χ1n) is 8.61. The lowest BCUT2D eigenvalue weighted by Crippen LogP contribution is -2.38. The van der Waals surface area contributed by atoms with E-state index in [4.69, 9.17) is 9.15 Å². The van der Waals surface area contributed by atoms with E-state index in [9.17, 15) is 14.7 Å². The van der Waals surface area contributed by atoms with E-state index in [1.54, 1.807) is 31.7 Å². The SMILES string of the molecule is CCOC(=O)N1CCC(c2oc3c(C)c(O)ccc3c(=O)c2C)CC1. The van der Waals surface area contributed by atoms with E-state index in [1.807, 2.05) is 0 Å². The van der Waals surface area contributed by atoms with Crippen molar-refractivity contribution < 1.29 is 19.1 Å². The van der Waals surface area contributed by atoms with Gasteiger partial charge in [-0.3, -0.25) is 4.79 Å². The molecule has 2 heterocycles. The predicted molar refractivity (Wildman–Crippen MR) is 94.2 cm³/mol. The number of ether oxygens (including phenoxy) is 1. The molecule has 1 aliphatic heterocycles. The van der Waals surface area contributed by atoms with Crippen molar-refractivity contribution in [2.45, 2.75) is 39.5 Å². The zero-order valence-corrected chi connectivity index (χ0v) is 14.8. The van der Waals surface area contributed by atoms with Crippen LogP contribution in [0.4, 0.5) is 4.79 Å². The number of aromatic hydroxyl groups is 1. The molecule has 0 aliphatic carbocycles. The summed E-state index contributed by atoms with van der Waals surface area (Å²) in [6, 6.07) is 3.12. The van der Waals surface area contributed by atoms with Gasteiger partial charge in [0.2, 0.25) is 0 Å². The molecule has 6 heteroatoms. The molecule has 1 aromatic carbocycles. The minimum atomic E-state index is -0.293. The highest BCUT2D eigenvalue weighted by Gasteiger charge is 2.28. The molecule has 1 N–H and O–H groups in total. The molecule has 0 atom stereocenters. The van der Waals surface area contributed by atoms with E-state index in [-0.39, 0.29) is 23.2 Å². The van der Waals surface area contributed by atoms with Gasteiger partial charge in [0.1, 0.15) is 17.1 Å². The van der Waals surface area contributed by atoms with Crippen LogP contribution in [0.2, 0.25) is 0 Å².